The number of rotatable bonds is 0. The Kier molecular flexibility index (Phi) is 3.31. The first-order valence-electron chi connectivity index (χ1n) is 5.89. The summed E-state index contributed by atoms with van der Waals surface area (Å²) in [5, 5.41) is 21.0. The van der Waals surface area contributed by atoms with Crippen LogP contribution in [0.1, 0.15) is 12.8 Å². The Bertz CT molecular complexity index is 493. The highest BCUT2D eigenvalue weighted by Crippen LogP contribution is 2.44. The summed E-state index contributed by atoms with van der Waals surface area (Å²) in [6, 6.07) is 2.06. The second kappa shape index (κ2) is 4.62. The number of piperidine rings is 2. The maximum atomic E-state index is 11.9. The number of quaternary nitrogens is 1. The van der Waals surface area contributed by atoms with E-state index in [9.17, 15) is 15.5 Å². The molecule has 94 valence electrons. The first-order valence-corrected chi connectivity index (χ1v) is 6.29. The molecule has 5 nitrogen and oxygen atoms in total. The van der Waals surface area contributed by atoms with E-state index in [4.69, 9.17) is 12.2 Å². The standard InChI is InChI=1S/C12H13N4OS/c1-16-4-2-12(3-5-16)8(6-13)10(17)15-11(18)9(12)7-14/h8H,2-5H2,1H3,(H,15,17,18)/q-1/p+1. The Labute approximate surface area is 111 Å². The van der Waals surface area contributed by atoms with Crippen LogP contribution < -0.4 is 10.2 Å². The third-order valence-corrected chi connectivity index (χ3v) is 4.32. The zero-order valence-corrected chi connectivity index (χ0v) is 10.9. The van der Waals surface area contributed by atoms with Crippen LogP contribution in [-0.4, -0.2) is 36.9 Å². The molecule has 0 aromatic heterocycles. The van der Waals surface area contributed by atoms with Crippen LogP contribution in [0.15, 0.2) is 5.57 Å². The molecule has 2 rings (SSSR count). The largest absolute Gasteiger partial charge is 0.763 e. The molecule has 2 aliphatic heterocycles. The predicted octanol–water partition coefficient (Wildman–Crippen LogP) is -0.956. The van der Waals surface area contributed by atoms with E-state index in [-0.39, 0.29) is 10.9 Å². The molecule has 6 heteroatoms. The molecule has 1 atom stereocenters. The van der Waals surface area contributed by atoms with Gasteiger partial charge in [0.2, 0.25) is 5.91 Å². The molecular weight excluding hydrogens is 248 g/mol. The Morgan fingerprint density at radius 2 is 2.17 bits per heavy atom. The Morgan fingerprint density at radius 1 is 1.56 bits per heavy atom. The highest BCUT2D eigenvalue weighted by molar-refractivity contribution is 7.80. The zero-order chi connectivity index (χ0) is 13.3. The van der Waals surface area contributed by atoms with Gasteiger partial charge in [0.05, 0.1) is 26.2 Å². The van der Waals surface area contributed by atoms with Crippen molar-refractivity contribution in [2.24, 2.45) is 11.3 Å². The molecule has 0 radical (unpaired) electrons. The third kappa shape index (κ3) is 1.77. The van der Waals surface area contributed by atoms with Crippen molar-refractivity contribution in [3.05, 3.63) is 11.0 Å². The molecule has 2 aliphatic rings. The van der Waals surface area contributed by atoms with Crippen LogP contribution in [0.4, 0.5) is 0 Å². The normalized spacial score (nSPS) is 35.9. The number of amides is 1. The van der Waals surface area contributed by atoms with Gasteiger partial charge < -0.3 is 15.6 Å². The molecule has 1 unspecified atom stereocenters. The number of nitrogens with zero attached hydrogens (tertiary/aromatic N) is 2. The lowest BCUT2D eigenvalue weighted by Crippen LogP contribution is -3.10. The van der Waals surface area contributed by atoms with Gasteiger partial charge in [-0.2, -0.15) is 5.26 Å². The summed E-state index contributed by atoms with van der Waals surface area (Å²) in [5.74, 6) is 0.955. The number of nitrogens with one attached hydrogen (secondary N) is 2. The van der Waals surface area contributed by atoms with Crippen molar-refractivity contribution in [1.29, 1.82) is 5.26 Å². The monoisotopic (exact) mass is 262 g/mol. The van der Waals surface area contributed by atoms with Crippen LogP contribution in [0, 0.1) is 22.7 Å². The van der Waals surface area contributed by atoms with Gasteiger partial charge in [-0.15, -0.1) is 0 Å². The molecular formula is C12H14N4OS. The first-order chi connectivity index (χ1) is 8.55. The van der Waals surface area contributed by atoms with E-state index in [1.54, 1.807) is 0 Å². The number of thiocarbonyl (C=S) groups is 1. The molecule has 0 saturated carbocycles. The summed E-state index contributed by atoms with van der Waals surface area (Å²) in [4.78, 5) is 13.5. The molecule has 1 amide bonds. The van der Waals surface area contributed by atoms with Crippen LogP contribution in [0.2, 0.25) is 0 Å². The second-order valence-corrected chi connectivity index (χ2v) is 5.39. The van der Waals surface area contributed by atoms with E-state index < -0.39 is 11.3 Å². The lowest BCUT2D eigenvalue weighted by molar-refractivity contribution is -0.887. The number of hydrogen-bond donors (Lipinski definition) is 2. The average Bonchev–Trinajstić information content (AvgIpc) is 2.33. The number of nitriles is 1. The fraction of sp³-hybridized carbons (Fsp3) is 0.583. The van der Waals surface area contributed by atoms with Crippen LogP contribution in [0.3, 0.4) is 0 Å². The van der Waals surface area contributed by atoms with Crippen molar-refractivity contribution in [3.63, 3.8) is 0 Å². The molecule has 0 aromatic rings. The van der Waals surface area contributed by atoms with E-state index >= 15 is 0 Å². The van der Waals surface area contributed by atoms with E-state index in [2.05, 4.69) is 24.3 Å². The lowest BCUT2D eigenvalue weighted by Gasteiger charge is -2.45. The molecule has 18 heavy (non-hydrogen) atoms. The number of hydrogen-bond acceptors (Lipinski definition) is 3. The molecule has 0 bridgehead atoms. The fourth-order valence-electron chi connectivity index (χ4n) is 2.87. The molecule has 2 heterocycles. The van der Waals surface area contributed by atoms with Crippen LogP contribution in [0.25, 0.3) is 5.41 Å². The van der Waals surface area contributed by atoms with Gasteiger partial charge in [0.15, 0.2) is 0 Å². The smallest absolute Gasteiger partial charge is 0.243 e. The van der Waals surface area contributed by atoms with Crippen molar-refractivity contribution in [2.75, 3.05) is 20.1 Å². The number of carbonyl (C=O) groups excluding carboxylic acids is 1. The van der Waals surface area contributed by atoms with Crippen molar-refractivity contribution in [2.45, 2.75) is 12.8 Å². The summed E-state index contributed by atoms with van der Waals surface area (Å²) >= 11 is 5.08. The minimum absolute atomic E-state index is 0.202. The summed E-state index contributed by atoms with van der Waals surface area (Å²) < 4.78 is 0. The Hall–Kier alpha value is -1.54. The summed E-state index contributed by atoms with van der Waals surface area (Å²) in [6.45, 7) is 1.69. The summed E-state index contributed by atoms with van der Waals surface area (Å²) in [7, 11) is 2.07. The van der Waals surface area contributed by atoms with Gasteiger partial charge in [0.1, 0.15) is 10.9 Å². The molecule has 2 saturated heterocycles. The quantitative estimate of drug-likeness (QED) is 0.335. The first kappa shape index (κ1) is 12.9. The van der Waals surface area contributed by atoms with Crippen molar-refractivity contribution in [1.82, 2.24) is 5.32 Å². The maximum absolute atomic E-state index is 11.9. The van der Waals surface area contributed by atoms with Crippen molar-refractivity contribution < 1.29 is 9.69 Å². The SMILES string of the molecule is C[NH+]1CCC2(CC1)C(=C=[N-])C(=S)NC(=O)C2C#N. The summed E-state index contributed by atoms with van der Waals surface area (Å²) in [5.41, 5.74) is -0.251. The predicted molar refractivity (Wildman–Crippen MR) is 70.0 cm³/mol. The van der Waals surface area contributed by atoms with Crippen LogP contribution >= 0.6 is 12.2 Å². The van der Waals surface area contributed by atoms with Gasteiger partial charge in [-0.3, -0.25) is 10.7 Å². The number of likely N-dealkylation sites (tertiary alicyclic amines) is 1. The molecule has 1 spiro atoms. The van der Waals surface area contributed by atoms with Gasteiger partial charge in [-0.05, 0) is 0 Å². The van der Waals surface area contributed by atoms with E-state index in [1.165, 1.54) is 4.90 Å². The molecule has 2 N–H and O–H groups in total. The van der Waals surface area contributed by atoms with Crippen molar-refractivity contribution in [3.8, 4) is 6.07 Å². The molecule has 0 aliphatic carbocycles. The van der Waals surface area contributed by atoms with E-state index in [0.29, 0.717) is 18.4 Å². The number of carbonyl (C=O) groups is 1. The minimum atomic E-state index is -0.799. The van der Waals surface area contributed by atoms with E-state index in [1.807, 2.05) is 0 Å². The average molecular weight is 262 g/mol. The van der Waals surface area contributed by atoms with Gasteiger partial charge in [0, 0.05) is 23.8 Å². The van der Waals surface area contributed by atoms with E-state index in [0.717, 1.165) is 13.1 Å². The van der Waals surface area contributed by atoms with Gasteiger partial charge in [0.25, 0.3) is 0 Å². The summed E-state index contributed by atoms with van der Waals surface area (Å²) in [6.07, 6.45) is 1.32. The van der Waals surface area contributed by atoms with Crippen LogP contribution in [-0.2, 0) is 4.79 Å². The second-order valence-electron chi connectivity index (χ2n) is 4.98. The Balaban J connectivity index is 2.49. The topological polar surface area (TPSA) is 79.6 Å². The lowest BCUT2D eigenvalue weighted by atomic mass is 9.62. The Morgan fingerprint density at radius 3 is 2.67 bits per heavy atom. The van der Waals surface area contributed by atoms with Crippen LogP contribution in [0.5, 0.6) is 0 Å². The zero-order valence-electron chi connectivity index (χ0n) is 10.1. The maximum Gasteiger partial charge on any atom is 0.243 e. The molecule has 0 aromatic carbocycles. The van der Waals surface area contributed by atoms with Gasteiger partial charge in [-0.1, -0.05) is 12.2 Å². The van der Waals surface area contributed by atoms with Gasteiger partial charge >= 0.3 is 0 Å². The fourth-order valence-corrected chi connectivity index (χ4v) is 3.22. The minimum Gasteiger partial charge on any atom is -0.763 e. The van der Waals surface area contributed by atoms with Crippen molar-refractivity contribution >= 4 is 29.0 Å². The van der Waals surface area contributed by atoms with Gasteiger partial charge in [-0.25, -0.2) is 0 Å². The third-order valence-electron chi connectivity index (χ3n) is 4.01. The highest BCUT2D eigenvalue weighted by Gasteiger charge is 2.52. The molecule has 2 fully saturated rings. The highest BCUT2D eigenvalue weighted by atomic mass is 32.1.